The maximum Gasteiger partial charge on any atom is 0.418 e. The van der Waals surface area contributed by atoms with Gasteiger partial charge in [0.15, 0.2) is 5.65 Å². The highest BCUT2D eigenvalue weighted by Gasteiger charge is 2.34. The zero-order valence-corrected chi connectivity index (χ0v) is 19.2. The molecule has 0 aliphatic rings. The SMILES string of the molecule is Cc1nn(-c2ccccc2C(F)(F)F)c2nc(-c3ccccc3)c(-c3nc4ccccc4s3)cc12. The lowest BCUT2D eigenvalue weighted by Gasteiger charge is -2.14. The van der Waals surface area contributed by atoms with Crippen molar-refractivity contribution in [3.8, 4) is 27.5 Å². The lowest BCUT2D eigenvalue weighted by Crippen LogP contribution is -2.11. The number of pyridine rings is 1. The molecular weight excluding hydrogens is 469 g/mol. The van der Waals surface area contributed by atoms with E-state index in [1.807, 2.05) is 60.7 Å². The Kier molecular flexibility index (Phi) is 4.93. The van der Waals surface area contributed by atoms with Crippen molar-refractivity contribution in [3.63, 3.8) is 0 Å². The van der Waals surface area contributed by atoms with E-state index in [2.05, 4.69) is 5.10 Å². The zero-order valence-electron chi connectivity index (χ0n) is 18.4. The van der Waals surface area contributed by atoms with Crippen LogP contribution in [-0.4, -0.2) is 19.7 Å². The number of halogens is 3. The molecule has 172 valence electrons. The normalized spacial score (nSPS) is 12.0. The third-order valence-corrected chi connectivity index (χ3v) is 6.92. The number of hydrogen-bond donors (Lipinski definition) is 0. The topological polar surface area (TPSA) is 43.6 Å². The molecule has 35 heavy (non-hydrogen) atoms. The van der Waals surface area contributed by atoms with Gasteiger partial charge in [-0.3, -0.25) is 0 Å². The van der Waals surface area contributed by atoms with Gasteiger partial charge in [-0.1, -0.05) is 54.6 Å². The van der Waals surface area contributed by atoms with Crippen LogP contribution in [0.4, 0.5) is 13.2 Å². The molecule has 0 saturated carbocycles. The van der Waals surface area contributed by atoms with E-state index in [1.54, 1.807) is 24.3 Å². The van der Waals surface area contributed by atoms with E-state index >= 15 is 0 Å². The van der Waals surface area contributed by atoms with Crippen molar-refractivity contribution >= 4 is 32.6 Å². The van der Waals surface area contributed by atoms with E-state index in [1.165, 1.54) is 16.8 Å². The predicted molar refractivity (Wildman–Crippen MR) is 133 cm³/mol. The quantitative estimate of drug-likeness (QED) is 0.258. The van der Waals surface area contributed by atoms with Crippen LogP contribution in [0.5, 0.6) is 0 Å². The second kappa shape index (κ2) is 8.02. The third kappa shape index (κ3) is 3.66. The van der Waals surface area contributed by atoms with E-state index in [9.17, 15) is 13.2 Å². The Morgan fingerprint density at radius 2 is 1.54 bits per heavy atom. The lowest BCUT2D eigenvalue weighted by atomic mass is 10.0. The Morgan fingerprint density at radius 1 is 0.829 bits per heavy atom. The summed E-state index contributed by atoms with van der Waals surface area (Å²) in [5.41, 5.74) is 3.32. The van der Waals surface area contributed by atoms with Crippen LogP contribution in [-0.2, 0) is 6.18 Å². The number of aryl methyl sites for hydroxylation is 1. The summed E-state index contributed by atoms with van der Waals surface area (Å²) in [5, 5.41) is 5.95. The Labute approximate surface area is 202 Å². The molecule has 3 heterocycles. The number of thiazole rings is 1. The molecule has 6 aromatic rings. The van der Waals surface area contributed by atoms with Gasteiger partial charge in [-0.15, -0.1) is 11.3 Å². The van der Waals surface area contributed by atoms with Crippen molar-refractivity contribution in [2.75, 3.05) is 0 Å². The average molecular weight is 487 g/mol. The van der Waals surface area contributed by atoms with E-state index in [0.29, 0.717) is 22.4 Å². The molecule has 0 saturated heterocycles. The second-order valence-electron chi connectivity index (χ2n) is 8.12. The summed E-state index contributed by atoms with van der Waals surface area (Å²) in [5.74, 6) is 0. The number of alkyl halides is 3. The monoisotopic (exact) mass is 486 g/mol. The Morgan fingerprint density at radius 3 is 2.31 bits per heavy atom. The number of rotatable bonds is 3. The van der Waals surface area contributed by atoms with Gasteiger partial charge >= 0.3 is 6.18 Å². The van der Waals surface area contributed by atoms with E-state index in [0.717, 1.165) is 32.4 Å². The molecule has 0 spiro atoms. The molecule has 6 rings (SSSR count). The van der Waals surface area contributed by atoms with Crippen molar-refractivity contribution in [1.29, 1.82) is 0 Å². The molecule has 8 heteroatoms. The molecule has 0 aliphatic heterocycles. The van der Waals surface area contributed by atoms with Gasteiger partial charge in [0.2, 0.25) is 0 Å². The van der Waals surface area contributed by atoms with E-state index < -0.39 is 11.7 Å². The van der Waals surface area contributed by atoms with Crippen LogP contribution >= 0.6 is 11.3 Å². The van der Waals surface area contributed by atoms with Crippen LogP contribution in [0.2, 0.25) is 0 Å². The molecule has 0 radical (unpaired) electrons. The molecule has 0 bridgehead atoms. The summed E-state index contributed by atoms with van der Waals surface area (Å²) >= 11 is 1.56. The molecular formula is C27H17F3N4S. The highest BCUT2D eigenvalue weighted by Crippen LogP contribution is 2.40. The highest BCUT2D eigenvalue weighted by molar-refractivity contribution is 7.21. The van der Waals surface area contributed by atoms with E-state index in [4.69, 9.17) is 9.97 Å². The Bertz CT molecular complexity index is 1670. The molecule has 0 N–H and O–H groups in total. The molecule has 0 amide bonds. The molecule has 0 atom stereocenters. The first-order chi connectivity index (χ1) is 16.9. The summed E-state index contributed by atoms with van der Waals surface area (Å²) in [6, 6.07) is 24.8. The van der Waals surface area contributed by atoms with Gasteiger partial charge in [0.05, 0.1) is 32.9 Å². The van der Waals surface area contributed by atoms with Crippen molar-refractivity contribution in [1.82, 2.24) is 19.7 Å². The maximum atomic E-state index is 13.8. The standard InChI is InChI=1S/C27H17F3N4S/c1-16-18-15-19(26-31-21-12-6-8-14-23(21)35-26)24(17-9-3-2-4-10-17)32-25(18)34(33-16)22-13-7-5-11-20(22)27(28,29)30/h2-15H,1H3. The van der Waals surface area contributed by atoms with Gasteiger partial charge in [0, 0.05) is 16.5 Å². The van der Waals surface area contributed by atoms with Crippen LogP contribution in [0.25, 0.3) is 48.8 Å². The lowest BCUT2D eigenvalue weighted by molar-refractivity contribution is -0.137. The minimum atomic E-state index is -4.52. The predicted octanol–water partition coefficient (Wildman–Crippen LogP) is 7.69. The molecule has 3 aromatic heterocycles. The largest absolute Gasteiger partial charge is 0.418 e. The summed E-state index contributed by atoms with van der Waals surface area (Å²) in [7, 11) is 0. The Balaban J connectivity index is 1.66. The summed E-state index contributed by atoms with van der Waals surface area (Å²) < 4.78 is 43.8. The maximum absolute atomic E-state index is 13.8. The fourth-order valence-electron chi connectivity index (χ4n) is 4.22. The van der Waals surface area contributed by atoms with Gasteiger partial charge in [-0.05, 0) is 37.3 Å². The fourth-order valence-corrected chi connectivity index (χ4v) is 5.20. The fraction of sp³-hybridized carbons (Fsp3) is 0.0741. The number of para-hydroxylation sites is 2. The summed E-state index contributed by atoms with van der Waals surface area (Å²) in [4.78, 5) is 9.73. The average Bonchev–Trinajstić information content (AvgIpc) is 3.44. The molecule has 3 aromatic carbocycles. The van der Waals surface area contributed by atoms with Gasteiger partial charge in [-0.25, -0.2) is 14.6 Å². The van der Waals surface area contributed by atoms with Crippen molar-refractivity contribution in [2.45, 2.75) is 13.1 Å². The summed E-state index contributed by atoms with van der Waals surface area (Å²) in [6.07, 6.45) is -4.52. The van der Waals surface area contributed by atoms with Gasteiger partial charge in [-0.2, -0.15) is 18.3 Å². The first-order valence-corrected chi connectivity index (χ1v) is 11.7. The third-order valence-electron chi connectivity index (χ3n) is 5.85. The van der Waals surface area contributed by atoms with Gasteiger partial charge in [0.25, 0.3) is 0 Å². The van der Waals surface area contributed by atoms with Crippen LogP contribution in [0.15, 0.2) is 84.9 Å². The Hall–Kier alpha value is -4.04. The first kappa shape index (κ1) is 21.5. The molecule has 0 aliphatic carbocycles. The number of aromatic nitrogens is 4. The molecule has 0 fully saturated rings. The number of benzene rings is 3. The van der Waals surface area contributed by atoms with E-state index in [-0.39, 0.29) is 5.69 Å². The first-order valence-electron chi connectivity index (χ1n) is 10.9. The van der Waals surface area contributed by atoms with Crippen LogP contribution in [0.1, 0.15) is 11.3 Å². The van der Waals surface area contributed by atoms with Crippen molar-refractivity contribution < 1.29 is 13.2 Å². The van der Waals surface area contributed by atoms with Crippen LogP contribution in [0, 0.1) is 6.92 Å². The minimum Gasteiger partial charge on any atom is -0.236 e. The number of fused-ring (bicyclic) bond motifs is 2. The van der Waals surface area contributed by atoms with Crippen LogP contribution < -0.4 is 0 Å². The van der Waals surface area contributed by atoms with Gasteiger partial charge < -0.3 is 0 Å². The number of hydrogen-bond acceptors (Lipinski definition) is 4. The molecule has 4 nitrogen and oxygen atoms in total. The summed E-state index contributed by atoms with van der Waals surface area (Å²) in [6.45, 7) is 1.78. The minimum absolute atomic E-state index is 0.0580. The smallest absolute Gasteiger partial charge is 0.236 e. The van der Waals surface area contributed by atoms with Crippen molar-refractivity contribution in [3.05, 3.63) is 96.2 Å². The highest BCUT2D eigenvalue weighted by atomic mass is 32.1. The van der Waals surface area contributed by atoms with Crippen molar-refractivity contribution in [2.24, 2.45) is 0 Å². The molecule has 0 unspecified atom stereocenters. The zero-order chi connectivity index (χ0) is 24.2. The van der Waals surface area contributed by atoms with Gasteiger partial charge in [0.1, 0.15) is 5.01 Å². The second-order valence-corrected chi connectivity index (χ2v) is 9.15. The van der Waals surface area contributed by atoms with Crippen LogP contribution in [0.3, 0.4) is 0 Å². The number of nitrogens with zero attached hydrogens (tertiary/aromatic N) is 4.